The number of benzene rings is 1. The first kappa shape index (κ1) is 12.0. The minimum atomic E-state index is -0.00508. The zero-order chi connectivity index (χ0) is 13.4. The van der Waals surface area contributed by atoms with Crippen molar-refractivity contribution >= 4 is 23.1 Å². The molecule has 1 aromatic heterocycles. The standard InChI is InChI=1S/C13H14ClN5/c14-9-2-1-3-10(12(9)13(15)16)19-7-6-18-5-4-17-11(18)8-19/h1-5H,6-8H2,(H3,15,16). The molecule has 3 N–H and O–H groups in total. The summed E-state index contributed by atoms with van der Waals surface area (Å²) in [7, 11) is 0. The molecule has 0 amide bonds. The molecule has 2 heterocycles. The lowest BCUT2D eigenvalue weighted by Gasteiger charge is -2.31. The Morgan fingerprint density at radius 1 is 1.37 bits per heavy atom. The lowest BCUT2D eigenvalue weighted by Crippen LogP contribution is -2.35. The van der Waals surface area contributed by atoms with Crippen molar-refractivity contribution in [3.05, 3.63) is 47.0 Å². The fourth-order valence-corrected chi connectivity index (χ4v) is 2.69. The van der Waals surface area contributed by atoms with Crippen LogP contribution in [0.3, 0.4) is 0 Å². The van der Waals surface area contributed by atoms with Crippen LogP contribution >= 0.6 is 11.6 Å². The number of aromatic nitrogens is 2. The van der Waals surface area contributed by atoms with E-state index in [0.717, 1.165) is 24.6 Å². The average molecular weight is 276 g/mol. The molecule has 0 bridgehead atoms. The molecule has 1 aliphatic heterocycles. The third kappa shape index (κ3) is 2.06. The van der Waals surface area contributed by atoms with Crippen molar-refractivity contribution in [1.29, 1.82) is 5.41 Å². The minimum Gasteiger partial charge on any atom is -0.384 e. The van der Waals surface area contributed by atoms with Crippen LogP contribution in [0.5, 0.6) is 0 Å². The van der Waals surface area contributed by atoms with Crippen molar-refractivity contribution in [2.24, 2.45) is 5.73 Å². The summed E-state index contributed by atoms with van der Waals surface area (Å²) < 4.78 is 2.13. The number of nitrogens with two attached hydrogens (primary N) is 1. The van der Waals surface area contributed by atoms with Gasteiger partial charge in [-0.25, -0.2) is 4.98 Å². The summed E-state index contributed by atoms with van der Waals surface area (Å²) in [5.74, 6) is 1.01. The van der Waals surface area contributed by atoms with Gasteiger partial charge in [-0.1, -0.05) is 17.7 Å². The Bertz CT molecular complexity index is 634. The second-order valence-corrected chi connectivity index (χ2v) is 4.91. The Kier molecular flexibility index (Phi) is 2.91. The number of nitrogens with one attached hydrogen (secondary N) is 1. The number of hydrogen-bond acceptors (Lipinski definition) is 3. The van der Waals surface area contributed by atoms with Crippen LogP contribution < -0.4 is 10.6 Å². The molecule has 2 aromatic rings. The fraction of sp³-hybridized carbons (Fsp3) is 0.231. The molecule has 5 nitrogen and oxygen atoms in total. The van der Waals surface area contributed by atoms with Crippen molar-refractivity contribution in [1.82, 2.24) is 9.55 Å². The zero-order valence-electron chi connectivity index (χ0n) is 10.3. The van der Waals surface area contributed by atoms with Crippen molar-refractivity contribution in [2.45, 2.75) is 13.1 Å². The summed E-state index contributed by atoms with van der Waals surface area (Å²) in [5, 5.41) is 8.21. The average Bonchev–Trinajstić information content (AvgIpc) is 2.85. The summed E-state index contributed by atoms with van der Waals surface area (Å²) in [4.78, 5) is 6.49. The second-order valence-electron chi connectivity index (χ2n) is 4.51. The monoisotopic (exact) mass is 275 g/mol. The van der Waals surface area contributed by atoms with E-state index in [1.54, 1.807) is 6.07 Å². The van der Waals surface area contributed by atoms with Crippen molar-refractivity contribution in [3.8, 4) is 0 Å². The topological polar surface area (TPSA) is 70.9 Å². The number of imidazole rings is 1. The summed E-state index contributed by atoms with van der Waals surface area (Å²) in [6.45, 7) is 2.43. The normalized spacial score (nSPS) is 14.3. The number of halogens is 1. The Hall–Kier alpha value is -2.01. The highest BCUT2D eigenvalue weighted by Gasteiger charge is 2.21. The maximum absolute atomic E-state index is 7.70. The maximum Gasteiger partial charge on any atom is 0.128 e. The zero-order valence-corrected chi connectivity index (χ0v) is 11.1. The van der Waals surface area contributed by atoms with E-state index in [0.29, 0.717) is 17.1 Å². The number of rotatable bonds is 2. The van der Waals surface area contributed by atoms with E-state index in [2.05, 4.69) is 14.5 Å². The predicted molar refractivity (Wildman–Crippen MR) is 75.7 cm³/mol. The van der Waals surface area contributed by atoms with Crippen LogP contribution in [0.2, 0.25) is 5.02 Å². The number of anilines is 1. The predicted octanol–water partition coefficient (Wildman–Crippen LogP) is 1.84. The van der Waals surface area contributed by atoms with Crippen LogP contribution in [-0.4, -0.2) is 21.9 Å². The molecule has 0 atom stereocenters. The summed E-state index contributed by atoms with van der Waals surface area (Å²) in [6.07, 6.45) is 3.79. The number of fused-ring (bicyclic) bond motifs is 1. The third-order valence-corrected chi connectivity index (χ3v) is 3.66. The molecule has 1 aromatic carbocycles. The lowest BCUT2D eigenvalue weighted by molar-refractivity contribution is 0.560. The van der Waals surface area contributed by atoms with Gasteiger partial charge in [0.05, 0.1) is 17.1 Å². The molecule has 0 saturated carbocycles. The van der Waals surface area contributed by atoms with Gasteiger partial charge in [0.2, 0.25) is 0 Å². The van der Waals surface area contributed by atoms with Gasteiger partial charge in [0.25, 0.3) is 0 Å². The van der Waals surface area contributed by atoms with Crippen molar-refractivity contribution in [3.63, 3.8) is 0 Å². The highest BCUT2D eigenvalue weighted by atomic mass is 35.5. The first-order valence-corrected chi connectivity index (χ1v) is 6.42. The van der Waals surface area contributed by atoms with E-state index in [4.69, 9.17) is 22.7 Å². The molecule has 98 valence electrons. The van der Waals surface area contributed by atoms with E-state index >= 15 is 0 Å². The smallest absolute Gasteiger partial charge is 0.128 e. The van der Waals surface area contributed by atoms with Crippen molar-refractivity contribution in [2.75, 3.05) is 11.4 Å². The quantitative estimate of drug-likeness (QED) is 0.649. The molecule has 0 aliphatic carbocycles. The number of nitrogens with zero attached hydrogens (tertiary/aromatic N) is 3. The summed E-state index contributed by atoms with van der Waals surface area (Å²) >= 11 is 6.15. The molecule has 0 fully saturated rings. The first-order valence-electron chi connectivity index (χ1n) is 6.04. The highest BCUT2D eigenvalue weighted by molar-refractivity contribution is 6.34. The van der Waals surface area contributed by atoms with Gasteiger partial charge in [0, 0.05) is 31.2 Å². The first-order chi connectivity index (χ1) is 9.16. The molecule has 0 spiro atoms. The van der Waals surface area contributed by atoms with Gasteiger partial charge in [0.15, 0.2) is 0 Å². The van der Waals surface area contributed by atoms with E-state index in [9.17, 15) is 0 Å². The highest BCUT2D eigenvalue weighted by Crippen LogP contribution is 2.29. The van der Waals surface area contributed by atoms with Crippen LogP contribution in [0, 0.1) is 5.41 Å². The van der Waals surface area contributed by atoms with E-state index < -0.39 is 0 Å². The summed E-state index contributed by atoms with van der Waals surface area (Å²) in [6, 6.07) is 5.58. The van der Waals surface area contributed by atoms with Gasteiger partial charge in [-0.3, -0.25) is 5.41 Å². The van der Waals surface area contributed by atoms with Gasteiger partial charge in [-0.15, -0.1) is 0 Å². The van der Waals surface area contributed by atoms with Gasteiger partial charge < -0.3 is 15.2 Å². The SMILES string of the molecule is N=C(N)c1c(Cl)cccc1N1CCn2ccnc2C1. The maximum atomic E-state index is 7.70. The molecule has 0 saturated heterocycles. The largest absolute Gasteiger partial charge is 0.384 e. The number of nitrogen functional groups attached to an aromatic ring is 1. The Labute approximate surface area is 116 Å². The Balaban J connectivity index is 2.00. The summed E-state index contributed by atoms with van der Waals surface area (Å²) in [5.41, 5.74) is 7.15. The fourth-order valence-electron chi connectivity index (χ4n) is 2.42. The van der Waals surface area contributed by atoms with Crippen molar-refractivity contribution < 1.29 is 0 Å². The molecular weight excluding hydrogens is 262 g/mol. The second kappa shape index (κ2) is 4.59. The molecular formula is C13H14ClN5. The van der Waals surface area contributed by atoms with Gasteiger partial charge in [0.1, 0.15) is 11.7 Å². The van der Waals surface area contributed by atoms with Crippen LogP contribution in [0.15, 0.2) is 30.6 Å². The molecule has 0 radical (unpaired) electrons. The van der Waals surface area contributed by atoms with Gasteiger partial charge in [-0.05, 0) is 12.1 Å². The van der Waals surface area contributed by atoms with Gasteiger partial charge >= 0.3 is 0 Å². The molecule has 3 rings (SSSR count). The number of hydrogen-bond donors (Lipinski definition) is 2. The van der Waals surface area contributed by atoms with Crippen LogP contribution in [0.4, 0.5) is 5.69 Å². The van der Waals surface area contributed by atoms with Crippen LogP contribution in [0.1, 0.15) is 11.4 Å². The van der Waals surface area contributed by atoms with Crippen LogP contribution in [0.25, 0.3) is 0 Å². The number of amidine groups is 1. The van der Waals surface area contributed by atoms with E-state index in [1.165, 1.54) is 0 Å². The van der Waals surface area contributed by atoms with Crippen LogP contribution in [-0.2, 0) is 13.1 Å². The molecule has 1 aliphatic rings. The van der Waals surface area contributed by atoms with E-state index in [-0.39, 0.29) is 5.84 Å². The van der Waals surface area contributed by atoms with E-state index in [1.807, 2.05) is 24.5 Å². The third-order valence-electron chi connectivity index (χ3n) is 3.35. The minimum absolute atomic E-state index is 0.00508. The van der Waals surface area contributed by atoms with Gasteiger partial charge in [-0.2, -0.15) is 0 Å². The molecule has 0 unspecified atom stereocenters. The lowest BCUT2D eigenvalue weighted by atomic mass is 10.1. The molecule has 6 heteroatoms. The Morgan fingerprint density at radius 3 is 3.00 bits per heavy atom. The Morgan fingerprint density at radius 2 is 2.21 bits per heavy atom. The molecule has 19 heavy (non-hydrogen) atoms.